The summed E-state index contributed by atoms with van der Waals surface area (Å²) in [4.78, 5) is 26.2. The average molecular weight is 382 g/mol. The molecule has 1 aromatic carbocycles. The summed E-state index contributed by atoms with van der Waals surface area (Å²) in [6, 6.07) is 9.25. The number of likely N-dealkylation sites (tertiary alicyclic amines) is 1. The summed E-state index contributed by atoms with van der Waals surface area (Å²) in [7, 11) is 1.07. The number of benzene rings is 1. The predicted octanol–water partition coefficient (Wildman–Crippen LogP) is 2.40. The van der Waals surface area contributed by atoms with Gasteiger partial charge in [-0.25, -0.2) is 9.48 Å². The van der Waals surface area contributed by atoms with E-state index in [1.165, 1.54) is 0 Å². The van der Waals surface area contributed by atoms with E-state index in [2.05, 4.69) is 5.10 Å². The second-order valence-corrected chi connectivity index (χ2v) is 6.71. The Labute approximate surface area is 154 Å². The van der Waals surface area contributed by atoms with Gasteiger partial charge in [0.25, 0.3) is 0 Å². The minimum atomic E-state index is -4.67. The molecule has 1 fully saturated rings. The van der Waals surface area contributed by atoms with Gasteiger partial charge in [0.15, 0.2) is 0 Å². The largest absolute Gasteiger partial charge is 0.451 e. The van der Waals surface area contributed by atoms with Crippen molar-refractivity contribution in [1.82, 2.24) is 19.2 Å². The number of hydrogen-bond donors (Lipinski definition) is 0. The fourth-order valence-electron chi connectivity index (χ4n) is 3.35. The van der Waals surface area contributed by atoms with Crippen LogP contribution in [-0.2, 0) is 24.4 Å². The Kier molecular flexibility index (Phi) is 5.38. The third-order valence-corrected chi connectivity index (χ3v) is 4.89. The first-order valence-electron chi connectivity index (χ1n) is 8.82. The highest BCUT2D eigenvalue weighted by molar-refractivity contribution is 5.76. The molecule has 1 saturated heterocycles. The Morgan fingerprint density at radius 2 is 1.81 bits per heavy atom. The minimum absolute atomic E-state index is 0.0154. The van der Waals surface area contributed by atoms with Gasteiger partial charge in [0, 0.05) is 26.6 Å². The van der Waals surface area contributed by atoms with Gasteiger partial charge in [-0.1, -0.05) is 30.3 Å². The Hall–Kier alpha value is -2.58. The summed E-state index contributed by atoms with van der Waals surface area (Å²) in [5.41, 5.74) is 0.302. The van der Waals surface area contributed by atoms with Crippen LogP contribution in [0.15, 0.2) is 35.1 Å². The Morgan fingerprint density at radius 1 is 1.19 bits per heavy atom. The van der Waals surface area contributed by atoms with Crippen molar-refractivity contribution in [2.45, 2.75) is 37.9 Å². The van der Waals surface area contributed by atoms with Crippen LogP contribution in [0.4, 0.5) is 13.2 Å². The first kappa shape index (κ1) is 19.2. The summed E-state index contributed by atoms with van der Waals surface area (Å²) < 4.78 is 40.2. The van der Waals surface area contributed by atoms with Crippen molar-refractivity contribution in [1.29, 1.82) is 0 Å². The van der Waals surface area contributed by atoms with Gasteiger partial charge in [0.2, 0.25) is 11.7 Å². The number of aromatic nitrogens is 3. The van der Waals surface area contributed by atoms with Crippen molar-refractivity contribution in [3.05, 3.63) is 52.2 Å². The van der Waals surface area contributed by atoms with Crippen LogP contribution in [0.25, 0.3) is 0 Å². The second kappa shape index (κ2) is 7.58. The summed E-state index contributed by atoms with van der Waals surface area (Å²) >= 11 is 0. The molecule has 0 N–H and O–H groups in total. The highest BCUT2D eigenvalue weighted by atomic mass is 19.4. The maximum Gasteiger partial charge on any atom is 0.451 e. The van der Waals surface area contributed by atoms with Crippen LogP contribution in [-0.4, -0.2) is 38.2 Å². The molecule has 27 heavy (non-hydrogen) atoms. The van der Waals surface area contributed by atoms with Gasteiger partial charge in [-0.15, -0.1) is 5.10 Å². The molecule has 0 spiro atoms. The van der Waals surface area contributed by atoms with E-state index in [1.54, 1.807) is 4.90 Å². The van der Waals surface area contributed by atoms with Gasteiger partial charge in [0.05, 0.1) is 6.04 Å². The molecule has 0 radical (unpaired) electrons. The molecule has 0 bridgehead atoms. The molecule has 6 nitrogen and oxygen atoms in total. The zero-order valence-electron chi connectivity index (χ0n) is 14.9. The molecule has 0 aliphatic carbocycles. The standard InChI is InChI=1S/C18H21F3N4O2/c1-23-16(18(19,20)21)22-25(17(23)27)14-9-11-24(12-10-14)15(26)8-7-13-5-3-2-4-6-13/h2-6,14H,7-12H2,1H3. The number of nitrogens with zero attached hydrogens (tertiary/aromatic N) is 4. The molecular weight excluding hydrogens is 361 g/mol. The minimum Gasteiger partial charge on any atom is -0.343 e. The number of carbonyl (C=O) groups is 1. The van der Waals surface area contributed by atoms with E-state index in [-0.39, 0.29) is 5.91 Å². The van der Waals surface area contributed by atoms with E-state index in [0.717, 1.165) is 17.3 Å². The predicted molar refractivity (Wildman–Crippen MR) is 92.1 cm³/mol. The number of aryl methyl sites for hydroxylation is 1. The van der Waals surface area contributed by atoms with Crippen molar-refractivity contribution < 1.29 is 18.0 Å². The molecule has 9 heteroatoms. The first-order valence-corrected chi connectivity index (χ1v) is 8.82. The molecule has 0 saturated carbocycles. The average Bonchev–Trinajstić information content (AvgIpc) is 2.96. The van der Waals surface area contributed by atoms with E-state index in [1.807, 2.05) is 30.3 Å². The van der Waals surface area contributed by atoms with Gasteiger partial charge in [-0.2, -0.15) is 13.2 Å². The van der Waals surface area contributed by atoms with E-state index in [9.17, 15) is 22.8 Å². The molecule has 1 aliphatic heterocycles. The van der Waals surface area contributed by atoms with E-state index < -0.39 is 23.7 Å². The molecule has 0 unspecified atom stereocenters. The Bertz CT molecular complexity index is 850. The van der Waals surface area contributed by atoms with Crippen LogP contribution < -0.4 is 5.69 Å². The van der Waals surface area contributed by atoms with Crippen LogP contribution in [0.5, 0.6) is 0 Å². The second-order valence-electron chi connectivity index (χ2n) is 6.71. The van der Waals surface area contributed by atoms with Crippen molar-refractivity contribution in [2.75, 3.05) is 13.1 Å². The fraction of sp³-hybridized carbons (Fsp3) is 0.500. The molecule has 1 amide bonds. The number of rotatable bonds is 4. The van der Waals surface area contributed by atoms with Crippen molar-refractivity contribution in [3.8, 4) is 0 Å². The lowest BCUT2D eigenvalue weighted by atomic mass is 10.0. The molecule has 2 heterocycles. The number of halogens is 3. The fourth-order valence-corrected chi connectivity index (χ4v) is 3.35. The lowest BCUT2D eigenvalue weighted by Crippen LogP contribution is -2.41. The number of carbonyl (C=O) groups excluding carboxylic acids is 1. The quantitative estimate of drug-likeness (QED) is 0.816. The molecule has 146 valence electrons. The van der Waals surface area contributed by atoms with Crippen molar-refractivity contribution in [2.24, 2.45) is 7.05 Å². The molecule has 3 rings (SSSR count). The van der Waals surface area contributed by atoms with Crippen LogP contribution in [0.1, 0.15) is 36.7 Å². The zero-order valence-corrected chi connectivity index (χ0v) is 14.9. The van der Waals surface area contributed by atoms with E-state index in [4.69, 9.17) is 0 Å². The lowest BCUT2D eigenvalue weighted by Gasteiger charge is -2.31. The zero-order chi connectivity index (χ0) is 19.6. The van der Waals surface area contributed by atoms with Gasteiger partial charge >= 0.3 is 11.9 Å². The van der Waals surface area contributed by atoms with Crippen LogP contribution in [0, 0.1) is 0 Å². The summed E-state index contributed by atoms with van der Waals surface area (Å²) in [5, 5.41) is 3.49. The smallest absolute Gasteiger partial charge is 0.343 e. The topological polar surface area (TPSA) is 60.1 Å². The summed E-state index contributed by atoms with van der Waals surface area (Å²) in [5.74, 6) is -1.18. The molecular formula is C18H21F3N4O2. The highest BCUT2D eigenvalue weighted by Gasteiger charge is 2.39. The monoisotopic (exact) mass is 382 g/mol. The van der Waals surface area contributed by atoms with Gasteiger partial charge in [-0.3, -0.25) is 9.36 Å². The molecule has 1 aliphatic rings. The Morgan fingerprint density at radius 3 is 2.37 bits per heavy atom. The van der Waals surface area contributed by atoms with Crippen molar-refractivity contribution >= 4 is 5.91 Å². The van der Waals surface area contributed by atoms with Crippen LogP contribution in [0.3, 0.4) is 0 Å². The number of hydrogen-bond acceptors (Lipinski definition) is 3. The van der Waals surface area contributed by atoms with E-state index >= 15 is 0 Å². The maximum atomic E-state index is 12.9. The summed E-state index contributed by atoms with van der Waals surface area (Å²) in [6.45, 7) is 0.811. The summed E-state index contributed by atoms with van der Waals surface area (Å²) in [6.07, 6.45) is -2.82. The van der Waals surface area contributed by atoms with Crippen molar-refractivity contribution in [3.63, 3.8) is 0 Å². The third kappa shape index (κ3) is 4.23. The number of alkyl halides is 3. The lowest BCUT2D eigenvalue weighted by molar-refractivity contribution is -0.147. The van der Waals surface area contributed by atoms with Crippen LogP contribution >= 0.6 is 0 Å². The maximum absolute atomic E-state index is 12.9. The van der Waals surface area contributed by atoms with Crippen LogP contribution in [0.2, 0.25) is 0 Å². The van der Waals surface area contributed by atoms with Gasteiger partial charge < -0.3 is 4.90 Å². The molecule has 0 atom stereocenters. The highest BCUT2D eigenvalue weighted by Crippen LogP contribution is 2.28. The molecule has 1 aromatic heterocycles. The number of piperidine rings is 1. The third-order valence-electron chi connectivity index (χ3n) is 4.89. The Balaban J connectivity index is 1.59. The van der Waals surface area contributed by atoms with Gasteiger partial charge in [0.1, 0.15) is 0 Å². The van der Waals surface area contributed by atoms with Gasteiger partial charge in [-0.05, 0) is 24.8 Å². The van der Waals surface area contributed by atoms with E-state index in [0.29, 0.717) is 43.3 Å². The SMILES string of the molecule is Cn1c(C(F)(F)F)nn(C2CCN(C(=O)CCc3ccccc3)CC2)c1=O. The first-order chi connectivity index (χ1) is 12.8. The molecule has 2 aromatic rings. The normalized spacial score (nSPS) is 15.9. The number of amides is 1.